The van der Waals surface area contributed by atoms with Crippen molar-refractivity contribution in [2.45, 2.75) is 56.5 Å². The second-order valence-electron chi connectivity index (χ2n) is 9.68. The molecule has 156 valence electrons. The summed E-state index contributed by atoms with van der Waals surface area (Å²) in [6, 6.07) is 20.9. The molecular formula is C24H31F2NOSi. The second kappa shape index (κ2) is 7.60. The number of nitrogens with zero attached hydrogens (tertiary/aromatic N) is 1. The average Bonchev–Trinajstić information content (AvgIpc) is 3.13. The van der Waals surface area contributed by atoms with Crippen LogP contribution in [0.25, 0.3) is 0 Å². The Hall–Kier alpha value is -1.56. The Bertz CT molecular complexity index is 770. The Labute approximate surface area is 174 Å². The normalized spacial score (nSPS) is 27.9. The summed E-state index contributed by atoms with van der Waals surface area (Å²) < 4.78 is 35.6. The Morgan fingerprint density at radius 1 is 0.897 bits per heavy atom. The van der Waals surface area contributed by atoms with Crippen LogP contribution in [-0.2, 0) is 4.43 Å². The first-order valence-corrected chi connectivity index (χ1v) is 12.5. The summed E-state index contributed by atoms with van der Waals surface area (Å²) in [5, 5.41) is 2.26. The van der Waals surface area contributed by atoms with Crippen LogP contribution in [-0.4, -0.2) is 50.8 Å². The van der Waals surface area contributed by atoms with Gasteiger partial charge in [0.15, 0.2) is 0 Å². The smallest absolute Gasteiger partial charge is 0.261 e. The first-order valence-electron chi connectivity index (χ1n) is 10.6. The van der Waals surface area contributed by atoms with E-state index in [1.54, 1.807) is 0 Å². The largest absolute Gasteiger partial charge is 0.406 e. The lowest BCUT2D eigenvalue weighted by Crippen LogP contribution is -2.68. The molecule has 5 heteroatoms. The third kappa shape index (κ3) is 3.58. The number of hydrogen-bond acceptors (Lipinski definition) is 2. The number of benzene rings is 2. The van der Waals surface area contributed by atoms with E-state index in [0.29, 0.717) is 32.5 Å². The summed E-state index contributed by atoms with van der Waals surface area (Å²) in [7, 11) is -2.70. The highest BCUT2D eigenvalue weighted by Gasteiger charge is 2.56. The number of fused-ring (bicyclic) bond motifs is 1. The van der Waals surface area contributed by atoms with Crippen LogP contribution in [0.4, 0.5) is 8.78 Å². The third-order valence-corrected chi connectivity index (χ3v) is 11.7. The molecule has 2 nitrogen and oxygen atoms in total. The van der Waals surface area contributed by atoms with Gasteiger partial charge in [-0.3, -0.25) is 4.90 Å². The number of rotatable bonds is 5. The van der Waals surface area contributed by atoms with Crippen LogP contribution in [0.5, 0.6) is 0 Å². The average molecular weight is 416 g/mol. The highest BCUT2D eigenvalue weighted by molar-refractivity contribution is 6.99. The van der Waals surface area contributed by atoms with Crippen molar-refractivity contribution in [2.24, 2.45) is 0 Å². The Balaban J connectivity index is 1.77. The summed E-state index contributed by atoms with van der Waals surface area (Å²) in [6.07, 6.45) is -1.06. The molecular weight excluding hydrogens is 384 g/mol. The van der Waals surface area contributed by atoms with E-state index in [1.807, 2.05) is 17.0 Å². The predicted octanol–water partition coefficient (Wildman–Crippen LogP) is 4.09. The van der Waals surface area contributed by atoms with Gasteiger partial charge in [0.1, 0.15) is 12.3 Å². The van der Waals surface area contributed by atoms with Gasteiger partial charge in [-0.05, 0) is 15.4 Å². The molecule has 29 heavy (non-hydrogen) atoms. The number of halogens is 2. The molecule has 0 radical (unpaired) electrons. The Morgan fingerprint density at radius 2 is 1.34 bits per heavy atom. The van der Waals surface area contributed by atoms with Crippen LogP contribution in [0, 0.1) is 0 Å². The molecule has 2 aliphatic heterocycles. The van der Waals surface area contributed by atoms with E-state index in [0.717, 1.165) is 0 Å². The fourth-order valence-electron chi connectivity index (χ4n) is 5.45. The van der Waals surface area contributed by atoms with Gasteiger partial charge in [0, 0.05) is 31.5 Å². The zero-order valence-electron chi connectivity index (χ0n) is 17.6. The maximum atomic E-state index is 14.3. The maximum absolute atomic E-state index is 14.3. The molecule has 3 atom stereocenters. The molecule has 0 aliphatic carbocycles. The lowest BCUT2D eigenvalue weighted by molar-refractivity contribution is 0.107. The minimum atomic E-state index is -2.70. The lowest BCUT2D eigenvalue weighted by Gasteiger charge is -2.45. The van der Waals surface area contributed by atoms with E-state index in [-0.39, 0.29) is 5.04 Å². The maximum Gasteiger partial charge on any atom is 0.261 e. The van der Waals surface area contributed by atoms with Crippen molar-refractivity contribution in [1.29, 1.82) is 0 Å². The van der Waals surface area contributed by atoms with Gasteiger partial charge in [-0.15, -0.1) is 0 Å². The predicted molar refractivity (Wildman–Crippen MR) is 117 cm³/mol. The molecule has 4 rings (SSSR count). The Morgan fingerprint density at radius 3 is 1.76 bits per heavy atom. The molecule has 0 N–H and O–H groups in total. The van der Waals surface area contributed by atoms with E-state index in [4.69, 9.17) is 4.43 Å². The molecule has 0 aromatic heterocycles. The van der Waals surface area contributed by atoms with Gasteiger partial charge in [0.25, 0.3) is 8.32 Å². The molecule has 0 saturated carbocycles. The molecule has 2 aromatic carbocycles. The van der Waals surface area contributed by atoms with Gasteiger partial charge in [-0.25, -0.2) is 8.78 Å². The minimum absolute atomic E-state index is 0.140. The minimum Gasteiger partial charge on any atom is -0.406 e. The summed E-state index contributed by atoms with van der Waals surface area (Å²) >= 11 is 0. The molecule has 0 bridgehead atoms. The van der Waals surface area contributed by atoms with Crippen LogP contribution >= 0.6 is 0 Å². The fraction of sp³-hybridized carbons (Fsp3) is 0.500. The topological polar surface area (TPSA) is 12.5 Å². The molecule has 0 amide bonds. The van der Waals surface area contributed by atoms with Crippen LogP contribution in [0.3, 0.4) is 0 Å². The van der Waals surface area contributed by atoms with Gasteiger partial charge in [-0.2, -0.15) is 0 Å². The van der Waals surface area contributed by atoms with E-state index < -0.39 is 26.2 Å². The monoisotopic (exact) mass is 415 g/mol. The van der Waals surface area contributed by atoms with Gasteiger partial charge < -0.3 is 4.43 Å². The molecule has 2 heterocycles. The van der Waals surface area contributed by atoms with Crippen molar-refractivity contribution in [1.82, 2.24) is 4.90 Å². The van der Waals surface area contributed by atoms with Gasteiger partial charge in [0.2, 0.25) is 0 Å². The van der Waals surface area contributed by atoms with Crippen LogP contribution < -0.4 is 10.4 Å². The number of alkyl halides is 2. The molecule has 2 aromatic rings. The van der Waals surface area contributed by atoms with E-state index in [1.165, 1.54) is 10.4 Å². The van der Waals surface area contributed by atoms with Crippen molar-refractivity contribution >= 4 is 18.7 Å². The Kier molecular flexibility index (Phi) is 5.43. The van der Waals surface area contributed by atoms with Crippen molar-refractivity contribution in [2.75, 3.05) is 19.7 Å². The van der Waals surface area contributed by atoms with Gasteiger partial charge in [0.05, 0.1) is 6.61 Å². The molecule has 2 fully saturated rings. The van der Waals surface area contributed by atoms with E-state index in [2.05, 4.69) is 69.3 Å². The quantitative estimate of drug-likeness (QED) is 0.682. The summed E-state index contributed by atoms with van der Waals surface area (Å²) in [4.78, 5) is 2.00. The van der Waals surface area contributed by atoms with Crippen molar-refractivity contribution < 1.29 is 13.2 Å². The van der Waals surface area contributed by atoms with Crippen molar-refractivity contribution in [3.05, 3.63) is 60.7 Å². The van der Waals surface area contributed by atoms with Crippen molar-refractivity contribution in [3.63, 3.8) is 0 Å². The first kappa shape index (κ1) is 20.7. The van der Waals surface area contributed by atoms with Gasteiger partial charge in [-0.1, -0.05) is 81.4 Å². The van der Waals surface area contributed by atoms with Crippen LogP contribution in [0.15, 0.2) is 60.7 Å². The fourth-order valence-corrected chi connectivity index (χ4v) is 10.1. The molecule has 2 unspecified atom stereocenters. The molecule has 2 aliphatic rings. The molecule has 2 saturated heterocycles. The molecule has 0 spiro atoms. The SMILES string of the molecule is CC(C)(C)[Si](OCC12CC(F)CN1C[C@H](F)C2)(c1ccccc1)c1ccccc1. The van der Waals surface area contributed by atoms with Crippen LogP contribution in [0.2, 0.25) is 5.04 Å². The first-order chi connectivity index (χ1) is 13.8. The highest BCUT2D eigenvalue weighted by atomic mass is 28.4. The zero-order chi connectivity index (χ0) is 20.7. The summed E-state index contributed by atoms with van der Waals surface area (Å²) in [5.74, 6) is 0. The highest BCUT2D eigenvalue weighted by Crippen LogP contribution is 2.44. The summed E-state index contributed by atoms with van der Waals surface area (Å²) in [5.41, 5.74) is -0.522. The second-order valence-corrected chi connectivity index (χ2v) is 14.0. The zero-order valence-corrected chi connectivity index (χ0v) is 18.6. The third-order valence-electron chi connectivity index (χ3n) is 6.68. The van der Waals surface area contributed by atoms with Crippen molar-refractivity contribution in [3.8, 4) is 0 Å². The summed E-state index contributed by atoms with van der Waals surface area (Å²) in [6.45, 7) is 7.71. The van der Waals surface area contributed by atoms with Crippen LogP contribution in [0.1, 0.15) is 33.6 Å². The number of hydrogen-bond donors (Lipinski definition) is 0. The van der Waals surface area contributed by atoms with E-state index >= 15 is 0 Å². The lowest BCUT2D eigenvalue weighted by atomic mass is 9.94. The van der Waals surface area contributed by atoms with E-state index in [9.17, 15) is 8.78 Å². The van der Waals surface area contributed by atoms with Gasteiger partial charge >= 0.3 is 0 Å². The standard InChI is InChI=1S/C24H31F2NOSi/c1-23(2,3)29(21-10-6-4-7-11-21,22-12-8-5-9-13-22)28-18-24-14-19(25)16-27(24)17-20(26)15-24/h4-13,19-20H,14-18H2,1-3H3/t19-,20?,24?/m1/s1.